The number of benzene rings is 8. The average Bonchev–Trinajstić information content (AvgIpc) is 3.80. The number of para-hydroxylation sites is 1. The second kappa shape index (κ2) is 12.7. The summed E-state index contributed by atoms with van der Waals surface area (Å²) in [5, 5.41) is 5.10. The molecule has 59 heavy (non-hydrogen) atoms. The quantitative estimate of drug-likeness (QED) is 0.165. The van der Waals surface area contributed by atoms with Gasteiger partial charge in [-0.3, -0.25) is 0 Å². The Morgan fingerprint density at radius 3 is 1.12 bits per heavy atom. The maximum atomic E-state index is 2.55. The fourth-order valence-electron chi connectivity index (χ4n) is 10.3. The molecule has 0 aliphatic heterocycles. The van der Waals surface area contributed by atoms with E-state index in [2.05, 4.69) is 233 Å². The van der Waals surface area contributed by atoms with Crippen LogP contribution in [0.2, 0.25) is 0 Å². The third-order valence-corrected chi connectivity index (χ3v) is 14.8. The molecular weight excluding hydrogens is 713 g/mol. The Balaban J connectivity index is 1.14. The van der Waals surface area contributed by atoms with Crippen LogP contribution in [0.25, 0.3) is 88.4 Å². The van der Waals surface area contributed by atoms with E-state index in [0.717, 1.165) is 0 Å². The normalized spacial score (nSPS) is 15.4. The third kappa shape index (κ3) is 5.12. The number of fused-ring (bicyclic) bond motifs is 7. The summed E-state index contributed by atoms with van der Waals surface area (Å²) in [6.07, 6.45) is 0. The van der Waals surface area contributed by atoms with Crippen molar-refractivity contribution in [2.24, 2.45) is 5.41 Å². The molecule has 2 heterocycles. The summed E-state index contributed by atoms with van der Waals surface area (Å²) >= 11 is 0. The fourth-order valence-corrected chi connectivity index (χ4v) is 10.3. The van der Waals surface area contributed by atoms with E-state index in [0.29, 0.717) is 0 Å². The van der Waals surface area contributed by atoms with Crippen molar-refractivity contribution in [1.29, 1.82) is 0 Å². The average molecular weight is 761 g/mol. The van der Waals surface area contributed by atoms with Gasteiger partial charge in [-0.25, -0.2) is 0 Å². The molecule has 0 unspecified atom stereocenters. The van der Waals surface area contributed by atoms with Crippen LogP contribution in [0.1, 0.15) is 52.7 Å². The molecule has 1 aliphatic rings. The minimum Gasteiger partial charge on any atom is -0.309 e. The van der Waals surface area contributed by atoms with Gasteiger partial charge in [-0.1, -0.05) is 151 Å². The zero-order chi connectivity index (χ0) is 40.3. The van der Waals surface area contributed by atoms with Gasteiger partial charge < -0.3 is 9.13 Å². The molecule has 2 aromatic heterocycles. The Labute approximate surface area is 347 Å². The lowest BCUT2D eigenvalue weighted by Gasteiger charge is -2.44. The predicted molar refractivity (Wildman–Crippen MR) is 251 cm³/mol. The third-order valence-electron chi connectivity index (χ3n) is 14.8. The highest BCUT2D eigenvalue weighted by Crippen LogP contribution is 2.62. The number of aromatic nitrogens is 2. The van der Waals surface area contributed by atoms with Gasteiger partial charge in [0, 0.05) is 32.9 Å². The highest BCUT2D eigenvalue weighted by atomic mass is 15.0. The van der Waals surface area contributed by atoms with Gasteiger partial charge in [-0.2, -0.15) is 0 Å². The van der Waals surface area contributed by atoms with Crippen molar-refractivity contribution >= 4 is 43.6 Å². The highest BCUT2D eigenvalue weighted by molar-refractivity contribution is 6.13. The van der Waals surface area contributed by atoms with Crippen LogP contribution in [0.3, 0.4) is 0 Å². The molecular formula is C57H48N2. The summed E-state index contributed by atoms with van der Waals surface area (Å²) in [7, 11) is 0. The molecule has 0 radical (unpaired) electrons. The summed E-state index contributed by atoms with van der Waals surface area (Å²) in [6.45, 7) is 14.7. The number of hydrogen-bond acceptors (Lipinski definition) is 0. The lowest BCUT2D eigenvalue weighted by atomic mass is 9.59. The van der Waals surface area contributed by atoms with Gasteiger partial charge in [0.2, 0.25) is 0 Å². The second-order valence-electron chi connectivity index (χ2n) is 18.3. The minimum absolute atomic E-state index is 0.00000520. The summed E-state index contributed by atoms with van der Waals surface area (Å²) < 4.78 is 4.91. The summed E-state index contributed by atoms with van der Waals surface area (Å²) in [4.78, 5) is 0. The summed E-state index contributed by atoms with van der Waals surface area (Å²) in [6, 6.07) is 67.5. The number of rotatable bonds is 5. The Bertz CT molecular complexity index is 3250. The van der Waals surface area contributed by atoms with Gasteiger partial charge in [0.1, 0.15) is 0 Å². The van der Waals surface area contributed by atoms with E-state index in [-0.39, 0.29) is 16.2 Å². The summed E-state index contributed by atoms with van der Waals surface area (Å²) in [5.74, 6) is 0. The van der Waals surface area contributed by atoms with Crippen LogP contribution in [0, 0.1) is 5.41 Å². The minimum atomic E-state index is -0.00163. The van der Waals surface area contributed by atoms with Crippen LogP contribution in [0.15, 0.2) is 182 Å². The first-order valence-corrected chi connectivity index (χ1v) is 21.0. The molecule has 2 nitrogen and oxygen atoms in total. The van der Waals surface area contributed by atoms with E-state index < -0.39 is 0 Å². The Kier molecular flexibility index (Phi) is 7.63. The van der Waals surface area contributed by atoms with Gasteiger partial charge in [-0.15, -0.1) is 0 Å². The molecule has 0 bridgehead atoms. The standard InChI is InChI=1S/C57H48N2/c1-55(2)49-35-48-47-34-42(41-25-30-52-46(33-41)45-32-40(38-18-12-8-13-19-38)24-29-51(45)58(52)43-20-14-9-15-21-43)26-31-53(47)59(54(48)36-50(49)56(3,4)57(55,5)6)44-27-22-39(23-28-44)37-16-10-7-11-17-37/h7-36H,1-6H3. The fraction of sp³-hybridized carbons (Fsp3) is 0.158. The van der Waals surface area contributed by atoms with Crippen molar-refractivity contribution in [3.05, 3.63) is 193 Å². The smallest absolute Gasteiger partial charge is 0.0544 e. The zero-order valence-corrected chi connectivity index (χ0v) is 34.7. The Morgan fingerprint density at radius 2 is 0.627 bits per heavy atom. The van der Waals surface area contributed by atoms with E-state index >= 15 is 0 Å². The van der Waals surface area contributed by atoms with Crippen LogP contribution in [-0.2, 0) is 10.8 Å². The Morgan fingerprint density at radius 1 is 0.288 bits per heavy atom. The highest BCUT2D eigenvalue weighted by Gasteiger charge is 2.57. The van der Waals surface area contributed by atoms with E-state index in [1.54, 1.807) is 0 Å². The van der Waals surface area contributed by atoms with Crippen LogP contribution in [0.5, 0.6) is 0 Å². The van der Waals surface area contributed by atoms with Crippen LogP contribution >= 0.6 is 0 Å². The molecule has 0 atom stereocenters. The maximum Gasteiger partial charge on any atom is 0.0544 e. The first-order valence-electron chi connectivity index (χ1n) is 21.0. The molecule has 8 aromatic carbocycles. The van der Waals surface area contributed by atoms with Crippen molar-refractivity contribution in [3.8, 4) is 44.8 Å². The second-order valence-corrected chi connectivity index (χ2v) is 18.3. The number of nitrogens with zero attached hydrogens (tertiary/aromatic N) is 2. The first kappa shape index (κ1) is 35.5. The lowest BCUT2D eigenvalue weighted by Crippen LogP contribution is -2.42. The molecule has 286 valence electrons. The zero-order valence-electron chi connectivity index (χ0n) is 34.7. The van der Waals surface area contributed by atoms with Gasteiger partial charge >= 0.3 is 0 Å². The first-order chi connectivity index (χ1) is 28.5. The molecule has 0 N–H and O–H groups in total. The molecule has 2 heteroatoms. The molecule has 11 rings (SSSR count). The molecule has 10 aromatic rings. The largest absolute Gasteiger partial charge is 0.309 e. The van der Waals surface area contributed by atoms with E-state index in [4.69, 9.17) is 0 Å². The SMILES string of the molecule is CC1(C)c2cc3c4cc(-c5ccc6c(c5)c5cc(-c7ccccc7)ccc5n6-c5ccccc5)ccc4n(-c4ccc(-c5ccccc5)cc4)c3cc2C(C)(C)C1(C)C. The summed E-state index contributed by atoms with van der Waals surface area (Å²) in [5.41, 5.74) is 17.6. The van der Waals surface area contributed by atoms with Gasteiger partial charge in [0.25, 0.3) is 0 Å². The van der Waals surface area contributed by atoms with Gasteiger partial charge in [-0.05, 0) is 134 Å². The Hall–Kier alpha value is -6.64. The molecule has 1 aliphatic carbocycles. The van der Waals surface area contributed by atoms with Crippen molar-refractivity contribution in [2.75, 3.05) is 0 Å². The molecule has 0 spiro atoms. The van der Waals surface area contributed by atoms with Gasteiger partial charge in [0.15, 0.2) is 0 Å². The van der Waals surface area contributed by atoms with Crippen molar-refractivity contribution in [3.63, 3.8) is 0 Å². The van der Waals surface area contributed by atoms with Crippen molar-refractivity contribution < 1.29 is 0 Å². The van der Waals surface area contributed by atoms with Gasteiger partial charge in [0.05, 0.1) is 22.1 Å². The molecule has 0 saturated heterocycles. The molecule has 0 fully saturated rings. The predicted octanol–water partition coefficient (Wildman–Crippen LogP) is 15.5. The van der Waals surface area contributed by atoms with Crippen molar-refractivity contribution in [1.82, 2.24) is 9.13 Å². The topological polar surface area (TPSA) is 9.86 Å². The van der Waals surface area contributed by atoms with E-state index in [1.807, 2.05) is 0 Å². The van der Waals surface area contributed by atoms with E-state index in [1.165, 1.54) is 99.5 Å². The monoisotopic (exact) mass is 760 g/mol. The lowest BCUT2D eigenvalue weighted by molar-refractivity contribution is 0.125. The maximum absolute atomic E-state index is 2.55. The van der Waals surface area contributed by atoms with E-state index in [9.17, 15) is 0 Å². The van der Waals surface area contributed by atoms with Crippen LogP contribution < -0.4 is 0 Å². The molecule has 0 amide bonds. The number of hydrogen-bond donors (Lipinski definition) is 0. The van der Waals surface area contributed by atoms with Crippen LogP contribution in [0.4, 0.5) is 0 Å². The molecule has 0 saturated carbocycles. The van der Waals surface area contributed by atoms with Crippen molar-refractivity contribution in [2.45, 2.75) is 52.4 Å². The van der Waals surface area contributed by atoms with Crippen LogP contribution in [-0.4, -0.2) is 9.13 Å².